The number of H-pyrrole nitrogens is 2. The molecule has 0 bridgehead atoms. The number of hydrogen-bond acceptors (Lipinski definition) is 8. The van der Waals surface area contributed by atoms with Gasteiger partial charge in [-0.05, 0) is 42.8 Å². The first-order chi connectivity index (χ1) is 19.6. The summed E-state index contributed by atoms with van der Waals surface area (Å²) >= 11 is 1.41. The van der Waals surface area contributed by atoms with Gasteiger partial charge in [0, 0.05) is 23.3 Å². The van der Waals surface area contributed by atoms with Gasteiger partial charge in [0.1, 0.15) is 29.3 Å². The van der Waals surface area contributed by atoms with Crippen LogP contribution in [0.5, 0.6) is 5.75 Å². The molecule has 40 heavy (non-hydrogen) atoms. The van der Waals surface area contributed by atoms with E-state index in [1.54, 1.807) is 31.7 Å². The maximum atomic E-state index is 11.8. The van der Waals surface area contributed by atoms with E-state index >= 15 is 0 Å². The SMILES string of the molecule is CC(=O)c1ccc(-c2nccc3[nH]c(-c4n[nH]c5cnc(-c6cncc(OCc7ccccc7)c6)cc45)nc23)s1. The van der Waals surface area contributed by atoms with Crippen LogP contribution in [0.15, 0.2) is 85.5 Å². The van der Waals surface area contributed by atoms with Gasteiger partial charge in [0.2, 0.25) is 0 Å². The molecule has 0 atom stereocenters. The summed E-state index contributed by atoms with van der Waals surface area (Å²) in [5, 5.41) is 8.47. The van der Waals surface area contributed by atoms with Crippen LogP contribution < -0.4 is 4.74 Å². The number of nitrogens with zero attached hydrogens (tertiary/aromatic N) is 5. The Bertz CT molecular complexity index is 2010. The molecule has 0 aliphatic rings. The molecule has 0 fully saturated rings. The first-order valence-electron chi connectivity index (χ1n) is 12.5. The minimum atomic E-state index is 0.0297. The third-order valence-corrected chi connectivity index (χ3v) is 7.71. The van der Waals surface area contributed by atoms with Gasteiger partial charge in [0.05, 0.1) is 38.9 Å². The van der Waals surface area contributed by atoms with Crippen molar-refractivity contribution in [2.75, 3.05) is 0 Å². The molecule has 7 aromatic rings. The zero-order chi connectivity index (χ0) is 27.1. The average Bonchev–Trinajstić information content (AvgIpc) is 3.74. The first-order valence-corrected chi connectivity index (χ1v) is 13.4. The lowest BCUT2D eigenvalue weighted by Crippen LogP contribution is -1.96. The van der Waals surface area contributed by atoms with E-state index in [4.69, 9.17) is 9.72 Å². The maximum Gasteiger partial charge on any atom is 0.169 e. The number of pyridine rings is 3. The monoisotopic (exact) mass is 543 g/mol. The number of aromatic amines is 2. The van der Waals surface area contributed by atoms with Crippen molar-refractivity contribution < 1.29 is 9.53 Å². The first kappa shape index (κ1) is 23.9. The number of carbonyl (C=O) groups excluding carboxylic acids is 1. The number of aromatic nitrogens is 7. The Morgan fingerprint density at radius 3 is 2.70 bits per heavy atom. The molecule has 6 heterocycles. The molecular formula is C30H21N7O2S. The Morgan fingerprint density at radius 1 is 0.950 bits per heavy atom. The van der Waals surface area contributed by atoms with Crippen LogP contribution in [0.25, 0.3) is 55.3 Å². The van der Waals surface area contributed by atoms with Gasteiger partial charge in [0.15, 0.2) is 11.6 Å². The van der Waals surface area contributed by atoms with Crippen molar-refractivity contribution in [3.8, 4) is 39.1 Å². The van der Waals surface area contributed by atoms with Crippen LogP contribution in [0, 0.1) is 0 Å². The largest absolute Gasteiger partial charge is 0.487 e. The molecule has 0 aliphatic carbocycles. The van der Waals surface area contributed by atoms with Crippen molar-refractivity contribution in [1.82, 2.24) is 35.1 Å². The minimum absolute atomic E-state index is 0.0297. The van der Waals surface area contributed by atoms with Gasteiger partial charge in [-0.1, -0.05) is 30.3 Å². The van der Waals surface area contributed by atoms with E-state index < -0.39 is 0 Å². The Hall–Kier alpha value is -5.22. The van der Waals surface area contributed by atoms with Gasteiger partial charge in [-0.2, -0.15) is 5.10 Å². The lowest BCUT2D eigenvalue weighted by atomic mass is 10.1. The molecule has 2 N–H and O–H groups in total. The van der Waals surface area contributed by atoms with Crippen LogP contribution in [0.2, 0.25) is 0 Å². The van der Waals surface area contributed by atoms with Crippen LogP contribution in [0.3, 0.4) is 0 Å². The van der Waals surface area contributed by atoms with Gasteiger partial charge < -0.3 is 9.72 Å². The van der Waals surface area contributed by atoms with Gasteiger partial charge in [-0.3, -0.25) is 24.8 Å². The molecule has 0 saturated heterocycles. The Labute approximate surface area is 232 Å². The number of rotatable bonds is 7. The molecule has 0 spiro atoms. The van der Waals surface area contributed by atoms with Crippen molar-refractivity contribution in [2.24, 2.45) is 0 Å². The fourth-order valence-corrected chi connectivity index (χ4v) is 5.41. The molecule has 0 radical (unpaired) electrons. The fraction of sp³-hybridized carbons (Fsp3) is 0.0667. The zero-order valence-corrected chi connectivity index (χ0v) is 22.1. The Kier molecular flexibility index (Phi) is 5.86. The van der Waals surface area contributed by atoms with Gasteiger partial charge in [-0.25, -0.2) is 4.98 Å². The Morgan fingerprint density at radius 2 is 1.85 bits per heavy atom. The van der Waals surface area contributed by atoms with Gasteiger partial charge in [-0.15, -0.1) is 11.3 Å². The number of benzene rings is 1. The van der Waals surface area contributed by atoms with Crippen LogP contribution in [0.1, 0.15) is 22.2 Å². The molecule has 7 rings (SSSR count). The van der Waals surface area contributed by atoms with E-state index in [0.29, 0.717) is 34.3 Å². The van der Waals surface area contributed by atoms with Crippen molar-refractivity contribution in [2.45, 2.75) is 13.5 Å². The summed E-state index contributed by atoms with van der Waals surface area (Å²) in [5.74, 6) is 1.30. The van der Waals surface area contributed by atoms with Crippen molar-refractivity contribution in [1.29, 1.82) is 0 Å². The van der Waals surface area contributed by atoms with Crippen molar-refractivity contribution in [3.05, 3.63) is 95.9 Å². The predicted molar refractivity (Wildman–Crippen MR) is 154 cm³/mol. The van der Waals surface area contributed by atoms with Gasteiger partial charge >= 0.3 is 0 Å². The highest BCUT2D eigenvalue weighted by molar-refractivity contribution is 7.17. The number of imidazole rings is 1. The van der Waals surface area contributed by atoms with Gasteiger partial charge in [0.25, 0.3) is 0 Å². The summed E-state index contributed by atoms with van der Waals surface area (Å²) in [4.78, 5) is 35.2. The zero-order valence-electron chi connectivity index (χ0n) is 21.3. The van der Waals surface area contributed by atoms with E-state index in [2.05, 4.69) is 30.1 Å². The lowest BCUT2D eigenvalue weighted by Gasteiger charge is -2.08. The van der Waals surface area contributed by atoms with E-state index in [1.165, 1.54) is 11.3 Å². The highest BCUT2D eigenvalue weighted by atomic mass is 32.1. The number of thiophene rings is 1. The second kappa shape index (κ2) is 9.83. The van der Waals surface area contributed by atoms with E-state index in [1.807, 2.05) is 60.7 Å². The molecule has 1 aromatic carbocycles. The maximum absolute atomic E-state index is 11.8. The highest BCUT2D eigenvalue weighted by Gasteiger charge is 2.18. The second-order valence-corrected chi connectivity index (χ2v) is 10.3. The van der Waals surface area contributed by atoms with Crippen LogP contribution in [-0.4, -0.2) is 40.9 Å². The number of hydrogen-bond donors (Lipinski definition) is 2. The number of ether oxygens (including phenoxy) is 1. The summed E-state index contributed by atoms with van der Waals surface area (Å²) in [7, 11) is 0. The molecule has 0 unspecified atom stereocenters. The predicted octanol–water partition coefficient (Wildman–Crippen LogP) is 6.47. The smallest absolute Gasteiger partial charge is 0.169 e. The number of fused-ring (bicyclic) bond motifs is 2. The molecule has 10 heteroatoms. The number of carbonyl (C=O) groups is 1. The number of ketones is 1. The summed E-state index contributed by atoms with van der Waals surface area (Å²) in [6, 6.07) is 19.5. The van der Waals surface area contributed by atoms with Crippen molar-refractivity contribution in [3.63, 3.8) is 0 Å². The van der Waals surface area contributed by atoms with Crippen LogP contribution >= 0.6 is 11.3 Å². The normalized spacial score (nSPS) is 11.3. The summed E-state index contributed by atoms with van der Waals surface area (Å²) in [6.07, 6.45) is 6.94. The number of nitrogens with one attached hydrogen (secondary N) is 2. The fourth-order valence-electron chi connectivity index (χ4n) is 4.52. The molecule has 6 aromatic heterocycles. The van der Waals surface area contributed by atoms with E-state index in [9.17, 15) is 4.79 Å². The lowest BCUT2D eigenvalue weighted by molar-refractivity contribution is 0.102. The summed E-state index contributed by atoms with van der Waals surface area (Å²) in [5.41, 5.74) is 6.36. The number of Topliss-reactive ketones (excluding diaryl/α,β-unsaturated/α-hetero) is 1. The molecule has 194 valence electrons. The minimum Gasteiger partial charge on any atom is -0.487 e. The third-order valence-electron chi connectivity index (χ3n) is 6.52. The van der Waals surface area contributed by atoms with Crippen molar-refractivity contribution >= 4 is 39.1 Å². The summed E-state index contributed by atoms with van der Waals surface area (Å²) in [6.45, 7) is 2.01. The van der Waals surface area contributed by atoms with Crippen LogP contribution in [0.4, 0.5) is 0 Å². The standard InChI is InChI=1S/C30H21N7O2S/c1-17(38)25-7-8-26(40-25)29-28-22(9-10-32-29)34-30(35-28)27-21-12-23(33-15-24(21)36-37-27)19-11-20(14-31-13-19)39-16-18-5-3-2-4-6-18/h2-15H,16H2,1H3,(H,34,35)(H,36,37). The molecule has 0 aliphatic heterocycles. The Balaban J connectivity index is 1.23. The third kappa shape index (κ3) is 4.40. The topological polar surface area (TPSA) is 122 Å². The average molecular weight is 544 g/mol. The quantitative estimate of drug-likeness (QED) is 0.221. The summed E-state index contributed by atoms with van der Waals surface area (Å²) < 4.78 is 5.97. The van der Waals surface area contributed by atoms with Crippen LogP contribution in [-0.2, 0) is 6.61 Å². The molecule has 0 amide bonds. The van der Waals surface area contributed by atoms with E-state index in [0.717, 1.165) is 43.8 Å². The highest BCUT2D eigenvalue weighted by Crippen LogP contribution is 2.34. The molecular weight excluding hydrogens is 522 g/mol. The second-order valence-electron chi connectivity index (χ2n) is 9.23. The van der Waals surface area contributed by atoms with E-state index in [-0.39, 0.29) is 5.78 Å². The molecule has 9 nitrogen and oxygen atoms in total. The molecule has 0 saturated carbocycles.